The number of nitrogens with zero attached hydrogens (tertiary/aromatic N) is 2. The van der Waals surface area contributed by atoms with Crippen LogP contribution in [0.25, 0.3) is 0 Å². The van der Waals surface area contributed by atoms with Crippen LogP contribution in [0, 0.1) is 18.6 Å². The van der Waals surface area contributed by atoms with Crippen LogP contribution >= 0.6 is 31.9 Å². The Balaban J connectivity index is -0.000000636. The highest BCUT2D eigenvalue weighted by Crippen LogP contribution is 2.19. The zero-order valence-electron chi connectivity index (χ0n) is 28.6. The molecule has 52 heavy (non-hydrogen) atoms. The standard InChI is InChI=1S/C13H18BrFN2O2.C7H17NO.C7H8O3S.C6H3BrFNO2.2CH4/c1-3-4-5-13(2,8-18)17-12(19)11-10(14)6-9(15)7-16-11;1-3-4-5-7(2,8)6-9;1-6-2-4-7(5-3-6)11(8,9)10;7-4-1-3(8)2-9-5(4)6(10)11;;/h6-7,18H,3-5,8H2,1-2H3,(H,17,19);9H,3-6,8H2,1-2H3;2-5H,1H3,(H,8,9,10);1-2H,(H,10,11);2*1H4/t13-;7-;;;;/m11..../s1. The molecule has 0 aliphatic carbocycles. The lowest BCUT2D eigenvalue weighted by Gasteiger charge is -2.28. The van der Waals surface area contributed by atoms with Crippen molar-refractivity contribution in [1.29, 1.82) is 0 Å². The van der Waals surface area contributed by atoms with Crippen molar-refractivity contribution in [3.63, 3.8) is 0 Å². The minimum atomic E-state index is -4.02. The fraction of sp³-hybridized carbons (Fsp3) is 0.486. The van der Waals surface area contributed by atoms with Crippen molar-refractivity contribution < 1.29 is 46.7 Å². The maximum absolute atomic E-state index is 12.9. The first-order valence-electron chi connectivity index (χ1n) is 15.4. The van der Waals surface area contributed by atoms with Gasteiger partial charge >= 0.3 is 5.97 Å². The van der Waals surface area contributed by atoms with E-state index in [1.807, 2.05) is 20.8 Å². The minimum absolute atomic E-state index is 0. The number of nitrogens with two attached hydrogens (primary N) is 1. The van der Waals surface area contributed by atoms with Gasteiger partial charge in [0.05, 0.1) is 45.0 Å². The highest BCUT2D eigenvalue weighted by molar-refractivity contribution is 9.10. The summed E-state index contributed by atoms with van der Waals surface area (Å²) >= 11 is 5.97. The third-order valence-corrected chi connectivity index (χ3v) is 8.74. The Hall–Kier alpha value is -2.93. The summed E-state index contributed by atoms with van der Waals surface area (Å²) in [4.78, 5) is 29.4. The number of aliphatic hydroxyl groups excluding tert-OH is 2. The average Bonchev–Trinajstić information content (AvgIpc) is 3.03. The van der Waals surface area contributed by atoms with Crippen LogP contribution in [0.5, 0.6) is 0 Å². The molecule has 17 heteroatoms. The van der Waals surface area contributed by atoms with Crippen LogP contribution < -0.4 is 11.1 Å². The smallest absolute Gasteiger partial charge is 0.355 e. The number of aromatic nitrogens is 2. The molecular formula is C35H54Br2F2N4O8S. The average molecular weight is 889 g/mol. The number of hydrogen-bond acceptors (Lipinski definition) is 9. The molecule has 296 valence electrons. The summed E-state index contributed by atoms with van der Waals surface area (Å²) in [6.07, 6.45) is 7.56. The fourth-order valence-electron chi connectivity index (χ4n) is 3.60. The van der Waals surface area contributed by atoms with Crippen LogP contribution in [0.2, 0.25) is 0 Å². The number of unbranched alkanes of at least 4 members (excludes halogenated alkanes) is 2. The summed E-state index contributed by atoms with van der Waals surface area (Å²) < 4.78 is 55.2. The molecule has 0 saturated heterocycles. The second-order valence-corrected chi connectivity index (χ2v) is 14.9. The molecule has 1 amide bonds. The molecule has 0 radical (unpaired) electrons. The molecule has 3 aromatic rings. The first-order chi connectivity index (χ1) is 23.1. The zero-order chi connectivity index (χ0) is 38.7. The summed E-state index contributed by atoms with van der Waals surface area (Å²) in [5, 5.41) is 29.3. The second-order valence-electron chi connectivity index (χ2n) is 11.8. The molecule has 0 aliphatic rings. The van der Waals surface area contributed by atoms with E-state index in [0.717, 1.165) is 56.1 Å². The molecule has 0 saturated carbocycles. The molecule has 12 nitrogen and oxygen atoms in total. The number of pyridine rings is 2. The highest BCUT2D eigenvalue weighted by Gasteiger charge is 2.27. The SMILES string of the molecule is C.C.CCCC[C@@](C)(N)CO.CCCC[C@](C)(CO)NC(=O)c1ncc(F)cc1Br.Cc1ccc(S(=O)(=O)O)cc1.O=C(O)c1ncc(F)cc1Br. The Morgan fingerprint density at radius 3 is 1.67 bits per heavy atom. The van der Waals surface area contributed by atoms with Crippen molar-refractivity contribution in [3.05, 3.63) is 86.3 Å². The topological polar surface area (TPSA) is 213 Å². The number of amides is 1. The van der Waals surface area contributed by atoms with Crippen molar-refractivity contribution in [1.82, 2.24) is 15.3 Å². The van der Waals surface area contributed by atoms with Crippen LogP contribution in [0.4, 0.5) is 8.78 Å². The molecule has 1 aromatic carbocycles. The van der Waals surface area contributed by atoms with Gasteiger partial charge in [-0.2, -0.15) is 8.42 Å². The van der Waals surface area contributed by atoms with E-state index in [0.29, 0.717) is 10.9 Å². The molecule has 2 atom stereocenters. The van der Waals surface area contributed by atoms with E-state index >= 15 is 0 Å². The number of carbonyl (C=O) groups is 2. The Morgan fingerprint density at radius 2 is 1.31 bits per heavy atom. The fourth-order valence-corrected chi connectivity index (χ4v) is 5.08. The van der Waals surface area contributed by atoms with Crippen LogP contribution in [-0.4, -0.2) is 74.4 Å². The van der Waals surface area contributed by atoms with Gasteiger partial charge in [-0.05, 0) is 89.7 Å². The van der Waals surface area contributed by atoms with Crippen LogP contribution in [0.1, 0.15) is 108 Å². The van der Waals surface area contributed by atoms with Gasteiger partial charge in [-0.25, -0.2) is 23.5 Å². The van der Waals surface area contributed by atoms with Crippen LogP contribution in [-0.2, 0) is 10.1 Å². The zero-order valence-corrected chi connectivity index (χ0v) is 32.6. The number of aryl methyl sites for hydroxylation is 1. The van der Waals surface area contributed by atoms with Crippen molar-refractivity contribution in [2.24, 2.45) is 5.73 Å². The third-order valence-electron chi connectivity index (χ3n) is 6.66. The number of carbonyl (C=O) groups excluding carboxylic acids is 1. The van der Waals surface area contributed by atoms with Gasteiger partial charge in [-0.1, -0.05) is 72.1 Å². The molecule has 3 rings (SSSR count). The molecule has 0 spiro atoms. The van der Waals surface area contributed by atoms with Gasteiger partial charge in [0.2, 0.25) is 0 Å². The van der Waals surface area contributed by atoms with Gasteiger partial charge in [0.15, 0.2) is 5.69 Å². The number of hydrogen-bond donors (Lipinski definition) is 6. The lowest BCUT2D eigenvalue weighted by Crippen LogP contribution is -2.49. The third kappa shape index (κ3) is 21.6. The Kier molecular flexibility index (Phi) is 26.7. The lowest BCUT2D eigenvalue weighted by atomic mass is 9.95. The minimum Gasteiger partial charge on any atom is -0.476 e. The molecule has 0 bridgehead atoms. The number of benzene rings is 1. The van der Waals surface area contributed by atoms with Gasteiger partial charge in [-0.3, -0.25) is 9.35 Å². The van der Waals surface area contributed by atoms with Crippen LogP contribution in [0.3, 0.4) is 0 Å². The Bertz CT molecular complexity index is 1620. The van der Waals surface area contributed by atoms with Gasteiger partial charge in [0, 0.05) is 5.54 Å². The maximum atomic E-state index is 12.9. The van der Waals surface area contributed by atoms with Gasteiger partial charge in [-0.15, -0.1) is 0 Å². The lowest BCUT2D eigenvalue weighted by molar-refractivity contribution is 0.0688. The van der Waals surface area contributed by atoms with Gasteiger partial charge in [0.25, 0.3) is 16.0 Å². The predicted octanol–water partition coefficient (Wildman–Crippen LogP) is 7.74. The van der Waals surface area contributed by atoms with Crippen molar-refractivity contribution in [2.45, 2.75) is 104 Å². The summed E-state index contributed by atoms with van der Waals surface area (Å²) in [5.74, 6) is -2.70. The molecule has 2 aromatic heterocycles. The first-order valence-corrected chi connectivity index (χ1v) is 18.4. The van der Waals surface area contributed by atoms with Crippen LogP contribution in [0.15, 0.2) is 62.6 Å². The molecule has 0 fully saturated rings. The quantitative estimate of drug-likeness (QED) is 0.0969. The second kappa shape index (κ2) is 25.9. The predicted molar refractivity (Wildman–Crippen MR) is 207 cm³/mol. The number of carboxylic acids is 1. The monoisotopic (exact) mass is 886 g/mol. The normalized spacial score (nSPS) is 12.6. The Labute approximate surface area is 323 Å². The van der Waals surface area contributed by atoms with Crippen molar-refractivity contribution >= 4 is 53.9 Å². The Morgan fingerprint density at radius 1 is 0.865 bits per heavy atom. The number of halogens is 4. The van der Waals surface area contributed by atoms with E-state index in [-0.39, 0.29) is 54.4 Å². The summed E-state index contributed by atoms with van der Waals surface area (Å²) in [7, 11) is -4.02. The van der Waals surface area contributed by atoms with E-state index in [1.165, 1.54) is 18.2 Å². The van der Waals surface area contributed by atoms with Crippen molar-refractivity contribution in [3.8, 4) is 0 Å². The number of carboxylic acid groups (broad SMARTS) is 1. The molecule has 2 heterocycles. The van der Waals surface area contributed by atoms with E-state index in [4.69, 9.17) is 20.5 Å². The summed E-state index contributed by atoms with van der Waals surface area (Å²) in [6.45, 7) is 9.59. The summed E-state index contributed by atoms with van der Waals surface area (Å²) in [5.41, 5.74) is 5.49. The molecular weight excluding hydrogens is 834 g/mol. The maximum Gasteiger partial charge on any atom is 0.355 e. The summed E-state index contributed by atoms with van der Waals surface area (Å²) in [6, 6.07) is 8.22. The largest absolute Gasteiger partial charge is 0.476 e. The number of nitrogens with one attached hydrogen (secondary N) is 1. The highest BCUT2D eigenvalue weighted by atomic mass is 79.9. The van der Waals surface area contributed by atoms with E-state index in [1.54, 1.807) is 19.1 Å². The van der Waals surface area contributed by atoms with Gasteiger partial charge < -0.3 is 26.4 Å². The number of aromatic carboxylic acids is 1. The van der Waals surface area contributed by atoms with Crippen molar-refractivity contribution in [2.75, 3.05) is 13.2 Å². The number of aliphatic hydroxyl groups is 2. The number of rotatable bonds is 12. The first kappa shape index (κ1) is 53.4. The molecule has 7 N–H and O–H groups in total. The van der Waals surface area contributed by atoms with E-state index in [9.17, 15) is 31.9 Å². The van der Waals surface area contributed by atoms with E-state index in [2.05, 4.69) is 54.1 Å². The molecule has 0 unspecified atom stereocenters. The molecule has 0 aliphatic heterocycles. The van der Waals surface area contributed by atoms with Gasteiger partial charge in [0.1, 0.15) is 17.3 Å². The van der Waals surface area contributed by atoms with E-state index < -0.39 is 39.2 Å².